The molecule has 2 atom stereocenters. The second-order valence-electron chi connectivity index (χ2n) is 4.55. The molecule has 2 unspecified atom stereocenters. The molecular formula is C13H26O4. The fourth-order valence-electron chi connectivity index (χ4n) is 1.11. The minimum absolute atomic E-state index is 0.0401. The number of hydrogen-bond donors (Lipinski definition) is 0. The van der Waals surface area contributed by atoms with Gasteiger partial charge in [0.25, 0.3) is 0 Å². The summed E-state index contributed by atoms with van der Waals surface area (Å²) in [4.78, 5) is 11.5. The van der Waals surface area contributed by atoms with Gasteiger partial charge in [-0.1, -0.05) is 13.8 Å². The van der Waals surface area contributed by atoms with Crippen LogP contribution in [0, 0.1) is 5.92 Å². The minimum atomic E-state index is -0.199. The third kappa shape index (κ3) is 9.12. The second-order valence-corrected chi connectivity index (χ2v) is 4.55. The molecule has 17 heavy (non-hydrogen) atoms. The van der Waals surface area contributed by atoms with Gasteiger partial charge < -0.3 is 14.2 Å². The van der Waals surface area contributed by atoms with Crippen LogP contribution in [0.15, 0.2) is 0 Å². The summed E-state index contributed by atoms with van der Waals surface area (Å²) in [6.07, 6.45) is 0.823. The van der Waals surface area contributed by atoms with Crippen molar-refractivity contribution in [1.29, 1.82) is 0 Å². The van der Waals surface area contributed by atoms with Crippen LogP contribution in [-0.2, 0) is 19.0 Å². The Morgan fingerprint density at radius 3 is 2.29 bits per heavy atom. The lowest BCUT2D eigenvalue weighted by Crippen LogP contribution is -2.25. The molecule has 0 amide bonds. The smallest absolute Gasteiger partial charge is 0.308 e. The summed E-state index contributed by atoms with van der Waals surface area (Å²) in [6, 6.07) is 0. The van der Waals surface area contributed by atoms with E-state index in [2.05, 4.69) is 0 Å². The summed E-state index contributed by atoms with van der Waals surface area (Å²) in [7, 11) is 0. The predicted molar refractivity (Wildman–Crippen MR) is 66.9 cm³/mol. The topological polar surface area (TPSA) is 44.8 Å². The van der Waals surface area contributed by atoms with E-state index < -0.39 is 0 Å². The van der Waals surface area contributed by atoms with E-state index >= 15 is 0 Å². The Kier molecular flexibility index (Phi) is 9.09. The molecule has 0 aromatic rings. The molecule has 0 spiro atoms. The van der Waals surface area contributed by atoms with Crippen LogP contribution in [0.1, 0.15) is 41.0 Å². The molecule has 102 valence electrons. The number of carbonyl (C=O) groups is 1. The van der Waals surface area contributed by atoms with Gasteiger partial charge in [-0.05, 0) is 27.2 Å². The first-order valence-electron chi connectivity index (χ1n) is 6.37. The van der Waals surface area contributed by atoms with Gasteiger partial charge in [0, 0.05) is 0 Å². The van der Waals surface area contributed by atoms with Crippen molar-refractivity contribution in [3.8, 4) is 0 Å². The molecule has 0 radical (unpaired) electrons. The van der Waals surface area contributed by atoms with Crippen LogP contribution in [0.25, 0.3) is 0 Å². The van der Waals surface area contributed by atoms with Crippen LogP contribution in [0.2, 0.25) is 0 Å². The van der Waals surface area contributed by atoms with Crippen LogP contribution in [0.5, 0.6) is 0 Å². The Bertz CT molecular complexity index is 204. The van der Waals surface area contributed by atoms with Crippen LogP contribution in [0.3, 0.4) is 0 Å². The van der Waals surface area contributed by atoms with Crippen LogP contribution in [0.4, 0.5) is 0 Å². The Balaban J connectivity index is 3.52. The maximum Gasteiger partial charge on any atom is 0.308 e. The number of ether oxygens (including phenoxy) is 3. The van der Waals surface area contributed by atoms with Gasteiger partial charge in [0.2, 0.25) is 0 Å². The number of hydrogen-bond acceptors (Lipinski definition) is 4. The van der Waals surface area contributed by atoms with Crippen LogP contribution < -0.4 is 0 Å². The number of carbonyl (C=O) groups excluding carboxylic acids is 1. The largest absolute Gasteiger partial charge is 0.460 e. The fourth-order valence-corrected chi connectivity index (χ4v) is 1.11. The summed E-state index contributed by atoms with van der Waals surface area (Å²) in [5, 5.41) is 0. The van der Waals surface area contributed by atoms with Gasteiger partial charge in [-0.15, -0.1) is 0 Å². The molecule has 0 saturated carbocycles. The van der Waals surface area contributed by atoms with E-state index in [-0.39, 0.29) is 24.1 Å². The molecule has 0 aliphatic heterocycles. The van der Waals surface area contributed by atoms with Crippen molar-refractivity contribution in [2.75, 3.05) is 19.8 Å². The van der Waals surface area contributed by atoms with E-state index in [1.54, 1.807) is 0 Å². The van der Waals surface area contributed by atoms with E-state index in [4.69, 9.17) is 14.2 Å². The zero-order chi connectivity index (χ0) is 13.3. The highest BCUT2D eigenvalue weighted by Gasteiger charge is 2.15. The van der Waals surface area contributed by atoms with Crippen LogP contribution in [-0.4, -0.2) is 38.0 Å². The summed E-state index contributed by atoms with van der Waals surface area (Å²) in [5.74, 6) is -0.191. The Morgan fingerprint density at radius 1 is 1.12 bits per heavy atom. The van der Waals surface area contributed by atoms with Crippen molar-refractivity contribution in [2.45, 2.75) is 53.2 Å². The SMILES string of the molecule is CCC(C)C(=O)OC(C)COCCOC(C)C. The van der Waals surface area contributed by atoms with Gasteiger partial charge in [0.1, 0.15) is 6.10 Å². The third-order valence-corrected chi connectivity index (χ3v) is 2.36. The lowest BCUT2D eigenvalue weighted by Gasteiger charge is -2.16. The molecule has 0 bridgehead atoms. The van der Waals surface area contributed by atoms with E-state index in [9.17, 15) is 4.79 Å². The standard InChI is InChI=1S/C13H26O4/c1-6-11(4)13(14)17-12(5)9-15-7-8-16-10(2)3/h10-12H,6-9H2,1-5H3. The Labute approximate surface area is 105 Å². The van der Waals surface area contributed by atoms with E-state index in [0.29, 0.717) is 19.8 Å². The molecule has 0 aliphatic rings. The normalized spacial score (nSPS) is 14.7. The molecular weight excluding hydrogens is 220 g/mol. The minimum Gasteiger partial charge on any atom is -0.460 e. The van der Waals surface area contributed by atoms with Gasteiger partial charge >= 0.3 is 5.97 Å². The van der Waals surface area contributed by atoms with Crippen molar-refractivity contribution < 1.29 is 19.0 Å². The van der Waals surface area contributed by atoms with Crippen molar-refractivity contribution in [3.05, 3.63) is 0 Å². The highest BCUT2D eigenvalue weighted by molar-refractivity contribution is 5.72. The summed E-state index contributed by atoms with van der Waals surface area (Å²) < 4.78 is 15.9. The number of esters is 1. The van der Waals surface area contributed by atoms with Gasteiger partial charge in [-0.3, -0.25) is 4.79 Å². The average molecular weight is 246 g/mol. The van der Waals surface area contributed by atoms with Crippen molar-refractivity contribution in [2.24, 2.45) is 5.92 Å². The lowest BCUT2D eigenvalue weighted by molar-refractivity contribution is -0.155. The zero-order valence-corrected chi connectivity index (χ0v) is 11.7. The summed E-state index contributed by atoms with van der Waals surface area (Å²) in [5.41, 5.74) is 0. The molecule has 0 aromatic heterocycles. The molecule has 4 heteroatoms. The maximum atomic E-state index is 11.5. The van der Waals surface area contributed by atoms with Crippen molar-refractivity contribution in [1.82, 2.24) is 0 Å². The molecule has 0 rings (SSSR count). The zero-order valence-electron chi connectivity index (χ0n) is 11.7. The summed E-state index contributed by atoms with van der Waals surface area (Å²) in [6.45, 7) is 11.2. The first-order valence-corrected chi connectivity index (χ1v) is 6.37. The van der Waals surface area contributed by atoms with Crippen molar-refractivity contribution in [3.63, 3.8) is 0 Å². The highest BCUT2D eigenvalue weighted by atomic mass is 16.6. The van der Waals surface area contributed by atoms with E-state index in [1.807, 2.05) is 34.6 Å². The first-order chi connectivity index (χ1) is 7.97. The van der Waals surface area contributed by atoms with Gasteiger partial charge in [-0.25, -0.2) is 0 Å². The molecule has 0 aromatic carbocycles. The highest BCUT2D eigenvalue weighted by Crippen LogP contribution is 2.05. The maximum absolute atomic E-state index is 11.5. The quantitative estimate of drug-likeness (QED) is 0.463. The second kappa shape index (κ2) is 9.42. The Morgan fingerprint density at radius 2 is 1.76 bits per heavy atom. The summed E-state index contributed by atoms with van der Waals surface area (Å²) >= 11 is 0. The third-order valence-electron chi connectivity index (χ3n) is 2.36. The Hall–Kier alpha value is -0.610. The van der Waals surface area contributed by atoms with Gasteiger partial charge in [0.15, 0.2) is 0 Å². The molecule has 0 heterocycles. The van der Waals surface area contributed by atoms with Crippen LogP contribution >= 0.6 is 0 Å². The number of rotatable bonds is 9. The van der Waals surface area contributed by atoms with Crippen molar-refractivity contribution >= 4 is 5.97 Å². The van der Waals surface area contributed by atoms with E-state index in [1.165, 1.54) is 0 Å². The van der Waals surface area contributed by atoms with E-state index in [0.717, 1.165) is 6.42 Å². The molecule has 0 fully saturated rings. The molecule has 0 aliphatic carbocycles. The molecule has 0 N–H and O–H groups in total. The van der Waals surface area contributed by atoms with Gasteiger partial charge in [0.05, 0.1) is 31.8 Å². The predicted octanol–water partition coefficient (Wildman–Crippen LogP) is 2.41. The molecule has 4 nitrogen and oxygen atoms in total. The lowest BCUT2D eigenvalue weighted by atomic mass is 10.1. The average Bonchev–Trinajstić information content (AvgIpc) is 2.26. The molecule has 0 saturated heterocycles. The fraction of sp³-hybridized carbons (Fsp3) is 0.923. The van der Waals surface area contributed by atoms with Gasteiger partial charge in [-0.2, -0.15) is 0 Å². The first kappa shape index (κ1) is 16.4. The monoisotopic (exact) mass is 246 g/mol.